The van der Waals surface area contributed by atoms with Gasteiger partial charge in [0.2, 0.25) is 0 Å². The van der Waals surface area contributed by atoms with E-state index in [0.29, 0.717) is 6.42 Å². The third kappa shape index (κ3) is 31.6. The zero-order chi connectivity index (χ0) is 27.9. The maximum atomic E-state index is 10.5. The van der Waals surface area contributed by atoms with Crippen LogP contribution in [0.4, 0.5) is 0 Å². The van der Waals surface area contributed by atoms with Crippen molar-refractivity contribution in [2.45, 2.75) is 212 Å². The molecule has 0 aliphatic carbocycles. The predicted molar refractivity (Wildman–Crippen MR) is 164 cm³/mol. The summed E-state index contributed by atoms with van der Waals surface area (Å²) in [5, 5.41) is 28.1. The minimum atomic E-state index is -1.01. The number of aliphatic carboxylic acids is 1. The summed E-state index contributed by atoms with van der Waals surface area (Å²) in [6.07, 6.45) is 36.5. The van der Waals surface area contributed by atoms with Gasteiger partial charge in [-0.3, -0.25) is 4.79 Å². The van der Waals surface area contributed by atoms with Crippen LogP contribution in [0.5, 0.6) is 0 Å². The van der Waals surface area contributed by atoms with E-state index in [1.807, 2.05) is 0 Å². The van der Waals surface area contributed by atoms with Crippen molar-refractivity contribution in [3.8, 4) is 0 Å². The first-order valence-corrected chi connectivity index (χ1v) is 17.1. The van der Waals surface area contributed by atoms with Gasteiger partial charge in [0.1, 0.15) is 0 Å². The second-order valence-corrected chi connectivity index (χ2v) is 12.1. The average Bonchev–Trinajstić information content (AvgIpc) is 2.87. The van der Waals surface area contributed by atoms with Gasteiger partial charge in [-0.25, -0.2) is 0 Å². The second-order valence-electron chi connectivity index (χ2n) is 12.1. The molecule has 0 bridgehead atoms. The van der Waals surface area contributed by atoms with Crippen LogP contribution in [-0.4, -0.2) is 33.5 Å². The zero-order valence-electron chi connectivity index (χ0n) is 25.6. The Hall–Kier alpha value is -0.610. The Balaban J connectivity index is 3.13. The summed E-state index contributed by atoms with van der Waals surface area (Å²) < 4.78 is 0. The number of carboxylic acids is 1. The monoisotopic (exact) mass is 541 g/mol. The molecule has 0 aromatic heterocycles. The standard InChI is InChI=1S/C34H68O4/c1-2-3-4-5-6-7-8-9-10-11-12-13-14-15-16-17-18-19-20-21-22-23-24-25-26-27-28-29-32(35)30-33(36)31-34(37)38/h32-33,35-36H,2-31H2,1H3,(H,37,38). The van der Waals surface area contributed by atoms with Crippen LogP contribution in [0.15, 0.2) is 0 Å². The number of aliphatic hydroxyl groups excluding tert-OH is 2. The summed E-state index contributed by atoms with van der Waals surface area (Å²) >= 11 is 0. The predicted octanol–water partition coefficient (Wildman–Crippen LogP) is 10.5. The van der Waals surface area contributed by atoms with Crippen LogP contribution in [0.3, 0.4) is 0 Å². The summed E-state index contributed by atoms with van der Waals surface area (Å²) in [4.78, 5) is 10.5. The van der Waals surface area contributed by atoms with Crippen LogP contribution < -0.4 is 0 Å². The summed E-state index contributed by atoms with van der Waals surface area (Å²) in [5.41, 5.74) is 0. The largest absolute Gasteiger partial charge is 0.481 e. The summed E-state index contributed by atoms with van der Waals surface area (Å²) in [6, 6.07) is 0. The van der Waals surface area contributed by atoms with Crippen molar-refractivity contribution < 1.29 is 20.1 Å². The van der Waals surface area contributed by atoms with Crippen molar-refractivity contribution >= 4 is 5.97 Å². The molecular weight excluding hydrogens is 472 g/mol. The molecule has 0 heterocycles. The smallest absolute Gasteiger partial charge is 0.305 e. The first kappa shape index (κ1) is 37.4. The maximum absolute atomic E-state index is 10.5. The molecule has 0 aliphatic rings. The van der Waals surface area contributed by atoms with Crippen molar-refractivity contribution in [1.82, 2.24) is 0 Å². The summed E-state index contributed by atoms with van der Waals surface area (Å²) in [6.45, 7) is 2.29. The number of hydrogen-bond donors (Lipinski definition) is 3. The molecule has 0 amide bonds. The molecule has 0 aliphatic heterocycles. The lowest BCUT2D eigenvalue weighted by Crippen LogP contribution is -2.20. The van der Waals surface area contributed by atoms with E-state index in [0.717, 1.165) is 12.8 Å². The molecule has 0 rings (SSSR count). The lowest BCUT2D eigenvalue weighted by atomic mass is 10.0. The van der Waals surface area contributed by atoms with E-state index in [1.54, 1.807) is 0 Å². The summed E-state index contributed by atoms with van der Waals surface area (Å²) in [7, 11) is 0. The van der Waals surface area contributed by atoms with E-state index >= 15 is 0 Å². The highest BCUT2D eigenvalue weighted by Gasteiger charge is 2.14. The van der Waals surface area contributed by atoms with E-state index < -0.39 is 18.2 Å². The van der Waals surface area contributed by atoms with E-state index in [9.17, 15) is 15.0 Å². The van der Waals surface area contributed by atoms with Crippen molar-refractivity contribution in [1.29, 1.82) is 0 Å². The van der Waals surface area contributed by atoms with Crippen LogP contribution in [0.1, 0.15) is 200 Å². The van der Waals surface area contributed by atoms with Gasteiger partial charge in [-0.2, -0.15) is 0 Å². The number of hydrogen-bond acceptors (Lipinski definition) is 3. The molecular formula is C34H68O4. The van der Waals surface area contributed by atoms with Crippen LogP contribution in [0.25, 0.3) is 0 Å². The number of carbonyl (C=O) groups is 1. The highest BCUT2D eigenvalue weighted by Crippen LogP contribution is 2.17. The minimum Gasteiger partial charge on any atom is -0.481 e. The van der Waals surface area contributed by atoms with Gasteiger partial charge in [-0.1, -0.05) is 180 Å². The Bertz CT molecular complexity index is 467. The van der Waals surface area contributed by atoms with E-state index in [1.165, 1.54) is 161 Å². The first-order valence-electron chi connectivity index (χ1n) is 17.1. The third-order valence-electron chi connectivity index (χ3n) is 8.10. The van der Waals surface area contributed by atoms with Gasteiger partial charge < -0.3 is 15.3 Å². The molecule has 0 aromatic carbocycles. The van der Waals surface area contributed by atoms with Crippen LogP contribution in [0, 0.1) is 0 Å². The molecule has 2 atom stereocenters. The molecule has 38 heavy (non-hydrogen) atoms. The SMILES string of the molecule is CCCCCCCCCCCCCCCCCCCCCCCCCCCCCC(O)CC(O)CC(=O)O. The fraction of sp³-hybridized carbons (Fsp3) is 0.971. The number of carboxylic acid groups (broad SMARTS) is 1. The lowest BCUT2D eigenvalue weighted by molar-refractivity contribution is -0.139. The Labute approximate surface area is 237 Å². The van der Waals surface area contributed by atoms with Crippen molar-refractivity contribution in [2.24, 2.45) is 0 Å². The van der Waals surface area contributed by atoms with Gasteiger partial charge in [0.15, 0.2) is 0 Å². The summed E-state index contributed by atoms with van der Waals surface area (Å²) in [5.74, 6) is -1.01. The normalized spacial score (nSPS) is 13.1. The fourth-order valence-electron chi connectivity index (χ4n) is 5.59. The molecule has 4 nitrogen and oxygen atoms in total. The highest BCUT2D eigenvalue weighted by molar-refractivity contribution is 5.67. The van der Waals surface area contributed by atoms with E-state index in [4.69, 9.17) is 5.11 Å². The maximum Gasteiger partial charge on any atom is 0.305 e. The molecule has 2 unspecified atom stereocenters. The molecule has 0 radical (unpaired) electrons. The van der Waals surface area contributed by atoms with Crippen molar-refractivity contribution in [2.75, 3.05) is 0 Å². The fourth-order valence-corrected chi connectivity index (χ4v) is 5.59. The molecule has 3 N–H and O–H groups in total. The Kier molecular flexibility index (Phi) is 30.4. The number of rotatable bonds is 32. The molecule has 4 heteroatoms. The first-order chi connectivity index (χ1) is 18.6. The number of unbranched alkanes of at least 4 members (excludes halogenated alkanes) is 26. The van der Waals surface area contributed by atoms with Gasteiger partial charge in [0, 0.05) is 0 Å². The molecule has 0 aromatic rings. The van der Waals surface area contributed by atoms with Crippen molar-refractivity contribution in [3.05, 3.63) is 0 Å². The van der Waals surface area contributed by atoms with Gasteiger partial charge in [0.05, 0.1) is 18.6 Å². The highest BCUT2D eigenvalue weighted by atomic mass is 16.4. The van der Waals surface area contributed by atoms with Crippen LogP contribution in [0.2, 0.25) is 0 Å². The number of aliphatic hydroxyl groups is 2. The Morgan fingerprint density at radius 1 is 0.447 bits per heavy atom. The van der Waals surface area contributed by atoms with Gasteiger partial charge >= 0.3 is 5.97 Å². The van der Waals surface area contributed by atoms with Gasteiger partial charge in [0.25, 0.3) is 0 Å². The van der Waals surface area contributed by atoms with E-state index in [2.05, 4.69) is 6.92 Å². The molecule has 0 saturated carbocycles. The van der Waals surface area contributed by atoms with Crippen molar-refractivity contribution in [3.63, 3.8) is 0 Å². The minimum absolute atomic E-state index is 0.172. The van der Waals surface area contributed by atoms with Gasteiger partial charge in [-0.05, 0) is 12.8 Å². The van der Waals surface area contributed by atoms with E-state index in [-0.39, 0.29) is 12.8 Å². The average molecular weight is 541 g/mol. The third-order valence-corrected chi connectivity index (χ3v) is 8.10. The van der Waals surface area contributed by atoms with Crippen LogP contribution >= 0.6 is 0 Å². The lowest BCUT2D eigenvalue weighted by Gasteiger charge is -2.14. The molecule has 0 fully saturated rings. The molecule has 0 spiro atoms. The van der Waals surface area contributed by atoms with Crippen LogP contribution in [-0.2, 0) is 4.79 Å². The molecule has 228 valence electrons. The quantitative estimate of drug-likeness (QED) is 0.0741. The Morgan fingerprint density at radius 3 is 0.974 bits per heavy atom. The zero-order valence-corrected chi connectivity index (χ0v) is 25.6. The van der Waals surface area contributed by atoms with Gasteiger partial charge in [-0.15, -0.1) is 0 Å². The topological polar surface area (TPSA) is 77.8 Å². The molecule has 0 saturated heterocycles. The second kappa shape index (κ2) is 30.9. The Morgan fingerprint density at radius 2 is 0.711 bits per heavy atom.